The molecule has 0 bridgehead atoms. The largest absolute Gasteiger partial charge is 0.383 e. The topological polar surface area (TPSA) is 67.9 Å². The summed E-state index contributed by atoms with van der Waals surface area (Å²) in [7, 11) is 0. The van der Waals surface area contributed by atoms with Crippen LogP contribution in [-0.2, 0) is 6.54 Å². The van der Waals surface area contributed by atoms with Gasteiger partial charge >= 0.3 is 0 Å². The van der Waals surface area contributed by atoms with E-state index in [4.69, 9.17) is 5.73 Å². The number of nitrogen functional groups attached to an aromatic ring is 1. The van der Waals surface area contributed by atoms with E-state index in [0.29, 0.717) is 17.6 Å². The number of piperidine rings is 1. The molecule has 0 unspecified atom stereocenters. The van der Waals surface area contributed by atoms with Crippen molar-refractivity contribution in [3.05, 3.63) is 47.4 Å². The summed E-state index contributed by atoms with van der Waals surface area (Å²) in [6.07, 6.45) is 6.82. The first-order chi connectivity index (χ1) is 10.6. The van der Waals surface area contributed by atoms with Crippen LogP contribution in [0.4, 0.5) is 10.2 Å². The molecule has 0 atom stereocenters. The molecular formula is C16H20FN5. The van der Waals surface area contributed by atoms with E-state index in [-0.39, 0.29) is 5.82 Å². The molecule has 0 spiro atoms. The Hall–Kier alpha value is -2.08. The van der Waals surface area contributed by atoms with Crippen LogP contribution in [0.25, 0.3) is 0 Å². The first-order valence-corrected chi connectivity index (χ1v) is 7.52. The van der Waals surface area contributed by atoms with Gasteiger partial charge in [0.25, 0.3) is 0 Å². The highest BCUT2D eigenvalue weighted by Gasteiger charge is 2.21. The lowest BCUT2D eigenvalue weighted by molar-refractivity contribution is 0.204. The molecule has 0 radical (unpaired) electrons. The van der Waals surface area contributed by atoms with E-state index in [1.165, 1.54) is 6.20 Å². The molecule has 2 aromatic heterocycles. The standard InChI is InChI=1S/C16H20FN5/c1-11-20-8-14(16(18)21-11)10-22-4-2-12(3-5-22)13-6-15(17)9-19-7-13/h6-9,12H,2-5,10H2,1H3,(H2,18,20,21). The van der Waals surface area contributed by atoms with Crippen molar-refractivity contribution in [2.24, 2.45) is 0 Å². The molecule has 0 amide bonds. The van der Waals surface area contributed by atoms with Crippen molar-refractivity contribution < 1.29 is 4.39 Å². The molecule has 1 aliphatic heterocycles. The van der Waals surface area contributed by atoms with Gasteiger partial charge in [0.1, 0.15) is 17.5 Å². The third-order valence-corrected chi connectivity index (χ3v) is 4.20. The SMILES string of the molecule is Cc1ncc(CN2CCC(c3cncc(F)c3)CC2)c(N)n1. The third kappa shape index (κ3) is 3.39. The molecule has 22 heavy (non-hydrogen) atoms. The Morgan fingerprint density at radius 3 is 2.73 bits per heavy atom. The summed E-state index contributed by atoms with van der Waals surface area (Å²) < 4.78 is 13.3. The van der Waals surface area contributed by atoms with Gasteiger partial charge < -0.3 is 5.73 Å². The van der Waals surface area contributed by atoms with Crippen molar-refractivity contribution in [3.8, 4) is 0 Å². The number of aromatic nitrogens is 3. The van der Waals surface area contributed by atoms with E-state index in [2.05, 4.69) is 19.9 Å². The first kappa shape index (κ1) is 14.8. The lowest BCUT2D eigenvalue weighted by Gasteiger charge is -2.32. The Bertz CT molecular complexity index is 653. The number of rotatable bonds is 3. The molecular weight excluding hydrogens is 281 g/mol. The van der Waals surface area contributed by atoms with E-state index in [1.54, 1.807) is 18.5 Å². The molecule has 1 saturated heterocycles. The molecule has 3 rings (SSSR count). The van der Waals surface area contributed by atoms with Crippen LogP contribution >= 0.6 is 0 Å². The zero-order valence-corrected chi connectivity index (χ0v) is 12.7. The summed E-state index contributed by atoms with van der Waals surface area (Å²) in [6.45, 7) is 4.50. The van der Waals surface area contributed by atoms with E-state index in [0.717, 1.165) is 43.6 Å². The van der Waals surface area contributed by atoms with Crippen LogP contribution < -0.4 is 5.73 Å². The van der Waals surface area contributed by atoms with Crippen molar-refractivity contribution in [2.75, 3.05) is 18.8 Å². The monoisotopic (exact) mass is 301 g/mol. The van der Waals surface area contributed by atoms with Gasteiger partial charge in [-0.25, -0.2) is 14.4 Å². The number of pyridine rings is 1. The Kier molecular flexibility index (Phi) is 4.29. The zero-order valence-electron chi connectivity index (χ0n) is 12.7. The fraction of sp³-hybridized carbons (Fsp3) is 0.438. The fourth-order valence-corrected chi connectivity index (χ4v) is 2.95. The van der Waals surface area contributed by atoms with Crippen LogP contribution in [0.5, 0.6) is 0 Å². The third-order valence-electron chi connectivity index (χ3n) is 4.20. The summed E-state index contributed by atoms with van der Waals surface area (Å²) in [5.41, 5.74) is 7.91. The number of hydrogen-bond donors (Lipinski definition) is 1. The number of anilines is 1. The molecule has 5 nitrogen and oxygen atoms in total. The van der Waals surface area contributed by atoms with Crippen molar-refractivity contribution in [1.82, 2.24) is 19.9 Å². The fourth-order valence-electron chi connectivity index (χ4n) is 2.95. The van der Waals surface area contributed by atoms with Gasteiger partial charge in [0.2, 0.25) is 0 Å². The lowest BCUT2D eigenvalue weighted by Crippen LogP contribution is -2.33. The van der Waals surface area contributed by atoms with Crippen LogP contribution in [0.15, 0.2) is 24.7 Å². The molecule has 1 fully saturated rings. The van der Waals surface area contributed by atoms with Gasteiger partial charge in [-0.05, 0) is 50.4 Å². The van der Waals surface area contributed by atoms with Crippen LogP contribution in [0.3, 0.4) is 0 Å². The van der Waals surface area contributed by atoms with Crippen molar-refractivity contribution in [1.29, 1.82) is 0 Å². The quantitative estimate of drug-likeness (QED) is 0.942. The van der Waals surface area contributed by atoms with E-state index < -0.39 is 0 Å². The second-order valence-corrected chi connectivity index (χ2v) is 5.81. The zero-order chi connectivity index (χ0) is 15.5. The predicted octanol–water partition coefficient (Wildman–Crippen LogP) is 2.28. The highest BCUT2D eigenvalue weighted by Crippen LogP contribution is 2.28. The van der Waals surface area contributed by atoms with Crippen molar-refractivity contribution >= 4 is 5.82 Å². The van der Waals surface area contributed by atoms with E-state index >= 15 is 0 Å². The molecule has 0 aliphatic carbocycles. The van der Waals surface area contributed by atoms with Gasteiger partial charge in [0.05, 0.1) is 6.20 Å². The minimum atomic E-state index is -0.260. The average molecular weight is 301 g/mol. The van der Waals surface area contributed by atoms with Gasteiger partial charge in [-0.2, -0.15) is 0 Å². The summed E-state index contributed by atoms with van der Waals surface area (Å²) in [4.78, 5) is 14.7. The maximum Gasteiger partial charge on any atom is 0.141 e. The number of aryl methyl sites for hydroxylation is 1. The van der Waals surface area contributed by atoms with Crippen LogP contribution in [0, 0.1) is 12.7 Å². The number of nitrogens with zero attached hydrogens (tertiary/aromatic N) is 4. The van der Waals surface area contributed by atoms with Gasteiger partial charge in [0, 0.05) is 24.5 Å². The Morgan fingerprint density at radius 2 is 2.05 bits per heavy atom. The van der Waals surface area contributed by atoms with Gasteiger partial charge in [-0.3, -0.25) is 9.88 Å². The molecule has 2 N–H and O–H groups in total. The summed E-state index contributed by atoms with van der Waals surface area (Å²) >= 11 is 0. The molecule has 2 aromatic rings. The average Bonchev–Trinajstić information content (AvgIpc) is 2.51. The second-order valence-electron chi connectivity index (χ2n) is 5.81. The van der Waals surface area contributed by atoms with Gasteiger partial charge in [0.15, 0.2) is 0 Å². The van der Waals surface area contributed by atoms with E-state index in [9.17, 15) is 4.39 Å². The van der Waals surface area contributed by atoms with Crippen LogP contribution in [0.1, 0.15) is 35.7 Å². The van der Waals surface area contributed by atoms with Crippen LogP contribution in [-0.4, -0.2) is 32.9 Å². The van der Waals surface area contributed by atoms with E-state index in [1.807, 2.05) is 6.92 Å². The van der Waals surface area contributed by atoms with Gasteiger partial charge in [-0.1, -0.05) is 0 Å². The van der Waals surface area contributed by atoms with Crippen LogP contribution in [0.2, 0.25) is 0 Å². The minimum absolute atomic E-state index is 0.260. The number of likely N-dealkylation sites (tertiary alicyclic amines) is 1. The summed E-state index contributed by atoms with van der Waals surface area (Å²) in [5, 5.41) is 0. The minimum Gasteiger partial charge on any atom is -0.383 e. The summed E-state index contributed by atoms with van der Waals surface area (Å²) in [5.74, 6) is 1.37. The Balaban J connectivity index is 1.60. The number of hydrogen-bond acceptors (Lipinski definition) is 5. The highest BCUT2D eigenvalue weighted by atomic mass is 19.1. The van der Waals surface area contributed by atoms with Crippen molar-refractivity contribution in [2.45, 2.75) is 32.2 Å². The molecule has 6 heteroatoms. The smallest absolute Gasteiger partial charge is 0.141 e. The molecule has 116 valence electrons. The predicted molar refractivity (Wildman–Crippen MR) is 82.6 cm³/mol. The molecule has 0 saturated carbocycles. The molecule has 3 heterocycles. The Labute approximate surface area is 129 Å². The number of halogens is 1. The first-order valence-electron chi connectivity index (χ1n) is 7.52. The lowest BCUT2D eigenvalue weighted by atomic mass is 9.90. The maximum atomic E-state index is 13.3. The van der Waals surface area contributed by atoms with Gasteiger partial charge in [-0.15, -0.1) is 0 Å². The molecule has 0 aromatic carbocycles. The Morgan fingerprint density at radius 1 is 1.27 bits per heavy atom. The normalized spacial score (nSPS) is 16.8. The number of nitrogens with two attached hydrogens (primary N) is 1. The second kappa shape index (κ2) is 6.36. The summed E-state index contributed by atoms with van der Waals surface area (Å²) in [6, 6.07) is 1.60. The highest BCUT2D eigenvalue weighted by molar-refractivity contribution is 5.37. The maximum absolute atomic E-state index is 13.3. The van der Waals surface area contributed by atoms with Crippen molar-refractivity contribution in [3.63, 3.8) is 0 Å². The molecule has 1 aliphatic rings.